The number of nitrogens with two attached hydrogens (primary N) is 2. The zero-order valence-corrected chi connectivity index (χ0v) is 12.8. The van der Waals surface area contributed by atoms with Crippen molar-refractivity contribution >= 4 is 17.9 Å². The number of hydrogen-bond donors (Lipinski definition) is 2. The van der Waals surface area contributed by atoms with Gasteiger partial charge in [0.15, 0.2) is 0 Å². The van der Waals surface area contributed by atoms with Crippen molar-refractivity contribution in [3.05, 3.63) is 48.3 Å². The van der Waals surface area contributed by atoms with E-state index in [1.807, 2.05) is 22.9 Å². The summed E-state index contributed by atoms with van der Waals surface area (Å²) in [5.74, 6) is -0.0609. The third-order valence-corrected chi connectivity index (χ3v) is 3.65. The molecule has 2 heterocycles. The van der Waals surface area contributed by atoms with E-state index in [4.69, 9.17) is 16.2 Å². The van der Waals surface area contributed by atoms with E-state index < -0.39 is 0 Å². The van der Waals surface area contributed by atoms with Crippen LogP contribution >= 0.6 is 0 Å². The second kappa shape index (κ2) is 6.97. The Balaban J connectivity index is 1.78. The summed E-state index contributed by atoms with van der Waals surface area (Å²) in [5.41, 5.74) is 13.7. The third-order valence-electron chi connectivity index (χ3n) is 3.65. The first-order valence-electron chi connectivity index (χ1n) is 7.46. The molecule has 7 nitrogen and oxygen atoms in total. The number of guanidine groups is 1. The fourth-order valence-electron chi connectivity index (χ4n) is 2.53. The second-order valence-electron chi connectivity index (χ2n) is 5.19. The van der Waals surface area contributed by atoms with Crippen LogP contribution in [0.4, 0.5) is 5.69 Å². The van der Waals surface area contributed by atoms with E-state index >= 15 is 0 Å². The molecule has 1 aliphatic heterocycles. The van der Waals surface area contributed by atoms with Crippen LogP contribution in [0.5, 0.6) is 0 Å². The Morgan fingerprint density at radius 2 is 1.74 bits per heavy atom. The molecule has 1 fully saturated rings. The van der Waals surface area contributed by atoms with Crippen LogP contribution in [0.1, 0.15) is 5.69 Å². The molecule has 0 spiro atoms. The topological polar surface area (TPSA) is 94.2 Å². The summed E-state index contributed by atoms with van der Waals surface area (Å²) >= 11 is 0. The lowest BCUT2D eigenvalue weighted by molar-refractivity contribution is 0.122. The molecule has 1 aromatic heterocycles. The first-order valence-corrected chi connectivity index (χ1v) is 7.46. The van der Waals surface area contributed by atoms with Gasteiger partial charge in [-0.25, -0.2) is 0 Å². The van der Waals surface area contributed by atoms with Crippen molar-refractivity contribution in [3.8, 4) is 5.69 Å². The Bertz CT molecular complexity index is 694. The van der Waals surface area contributed by atoms with E-state index in [9.17, 15) is 0 Å². The Kier molecular flexibility index (Phi) is 4.58. The van der Waals surface area contributed by atoms with E-state index in [0.717, 1.165) is 37.7 Å². The highest BCUT2D eigenvalue weighted by molar-refractivity contribution is 5.81. The van der Waals surface area contributed by atoms with Crippen LogP contribution in [0.3, 0.4) is 0 Å². The highest BCUT2D eigenvalue weighted by Gasteiger charge is 2.11. The summed E-state index contributed by atoms with van der Waals surface area (Å²) < 4.78 is 7.41. The predicted octanol–water partition coefficient (Wildman–Crippen LogP) is 0.921. The van der Waals surface area contributed by atoms with Crippen molar-refractivity contribution in [2.24, 2.45) is 21.7 Å². The summed E-state index contributed by atoms with van der Waals surface area (Å²) in [6, 6.07) is 12.3. The molecule has 0 atom stereocenters. The van der Waals surface area contributed by atoms with Gasteiger partial charge in [-0.15, -0.1) is 5.10 Å². The first-order chi connectivity index (χ1) is 11.2. The van der Waals surface area contributed by atoms with Crippen molar-refractivity contribution in [3.63, 3.8) is 0 Å². The van der Waals surface area contributed by atoms with Gasteiger partial charge in [-0.1, -0.05) is 0 Å². The number of hydrogen-bond acceptors (Lipinski definition) is 4. The van der Waals surface area contributed by atoms with Gasteiger partial charge >= 0.3 is 0 Å². The summed E-state index contributed by atoms with van der Waals surface area (Å²) in [6.07, 6.45) is 3.59. The van der Waals surface area contributed by atoms with Crippen LogP contribution in [0.25, 0.3) is 5.69 Å². The van der Waals surface area contributed by atoms with E-state index in [0.29, 0.717) is 0 Å². The summed E-state index contributed by atoms with van der Waals surface area (Å²) in [6.45, 7) is 3.42. The van der Waals surface area contributed by atoms with Crippen molar-refractivity contribution in [2.75, 3.05) is 31.2 Å². The van der Waals surface area contributed by atoms with Gasteiger partial charge in [-0.05, 0) is 36.4 Å². The van der Waals surface area contributed by atoms with Crippen molar-refractivity contribution < 1.29 is 4.74 Å². The van der Waals surface area contributed by atoms with E-state index in [1.165, 1.54) is 5.69 Å². The van der Waals surface area contributed by atoms with Crippen LogP contribution in [0.15, 0.2) is 52.8 Å². The van der Waals surface area contributed by atoms with Crippen LogP contribution in [0, 0.1) is 0 Å². The normalized spacial score (nSPS) is 15.0. The van der Waals surface area contributed by atoms with Gasteiger partial charge in [0.2, 0.25) is 5.96 Å². The summed E-state index contributed by atoms with van der Waals surface area (Å²) in [7, 11) is 0. The molecule has 0 unspecified atom stereocenters. The van der Waals surface area contributed by atoms with Crippen LogP contribution in [-0.2, 0) is 4.74 Å². The molecule has 1 saturated heterocycles. The Hall–Kier alpha value is -2.80. The maximum absolute atomic E-state index is 5.39. The molecule has 7 heteroatoms. The number of benzene rings is 1. The second-order valence-corrected chi connectivity index (χ2v) is 5.19. The molecular weight excluding hydrogens is 292 g/mol. The fraction of sp³-hybridized carbons (Fsp3) is 0.250. The molecule has 0 saturated carbocycles. The monoisotopic (exact) mass is 312 g/mol. The van der Waals surface area contributed by atoms with Crippen molar-refractivity contribution in [1.82, 2.24) is 4.57 Å². The minimum Gasteiger partial charge on any atom is -0.378 e. The highest BCUT2D eigenvalue weighted by atomic mass is 16.5. The number of ether oxygens (including phenoxy) is 1. The number of morpholine rings is 1. The summed E-state index contributed by atoms with van der Waals surface area (Å²) in [5, 5.41) is 7.48. The average molecular weight is 312 g/mol. The van der Waals surface area contributed by atoms with Gasteiger partial charge in [-0.2, -0.15) is 5.10 Å². The SMILES string of the molecule is NC(N)=N/N=C/c1cccn1-c1ccc(N2CCOCC2)cc1. The molecule has 1 aromatic carbocycles. The molecule has 23 heavy (non-hydrogen) atoms. The predicted molar refractivity (Wildman–Crippen MR) is 92.2 cm³/mol. The maximum atomic E-state index is 5.39. The van der Waals surface area contributed by atoms with E-state index in [1.54, 1.807) is 6.21 Å². The Morgan fingerprint density at radius 3 is 2.43 bits per heavy atom. The quantitative estimate of drug-likeness (QED) is 0.499. The smallest absolute Gasteiger partial charge is 0.211 e. The van der Waals surface area contributed by atoms with Crippen molar-refractivity contribution in [1.29, 1.82) is 0 Å². The van der Waals surface area contributed by atoms with Gasteiger partial charge in [0.05, 0.1) is 25.1 Å². The number of rotatable bonds is 4. The lowest BCUT2D eigenvalue weighted by Crippen LogP contribution is -2.36. The van der Waals surface area contributed by atoms with Gasteiger partial charge in [0, 0.05) is 30.7 Å². The van der Waals surface area contributed by atoms with Gasteiger partial charge in [-0.3, -0.25) is 0 Å². The van der Waals surface area contributed by atoms with E-state index in [2.05, 4.69) is 39.4 Å². The standard InChI is InChI=1S/C16H20N6O/c17-16(18)20-19-12-15-2-1-7-22(15)14-5-3-13(4-6-14)21-8-10-23-11-9-21/h1-7,12H,8-11H2,(H4,17,18,20)/b19-12+. The number of anilines is 1. The van der Waals surface area contributed by atoms with Crippen LogP contribution < -0.4 is 16.4 Å². The number of nitrogens with zero attached hydrogens (tertiary/aromatic N) is 4. The minimum atomic E-state index is -0.0609. The molecule has 1 aliphatic rings. The Labute approximate surface area is 134 Å². The molecule has 3 rings (SSSR count). The fourth-order valence-corrected chi connectivity index (χ4v) is 2.53. The molecule has 120 valence electrons. The largest absolute Gasteiger partial charge is 0.378 e. The first kappa shape index (κ1) is 15.1. The molecule has 4 N–H and O–H groups in total. The Morgan fingerprint density at radius 1 is 1.04 bits per heavy atom. The zero-order valence-electron chi connectivity index (χ0n) is 12.8. The molecule has 0 bridgehead atoms. The zero-order chi connectivity index (χ0) is 16.1. The average Bonchev–Trinajstić information content (AvgIpc) is 3.04. The molecule has 0 radical (unpaired) electrons. The molecule has 2 aromatic rings. The minimum absolute atomic E-state index is 0.0609. The van der Waals surface area contributed by atoms with Gasteiger partial charge < -0.3 is 25.7 Å². The van der Waals surface area contributed by atoms with Gasteiger partial charge in [0.1, 0.15) is 0 Å². The number of aromatic nitrogens is 1. The summed E-state index contributed by atoms with van der Waals surface area (Å²) in [4.78, 5) is 2.32. The lowest BCUT2D eigenvalue weighted by atomic mass is 10.2. The van der Waals surface area contributed by atoms with Crippen LogP contribution in [0.2, 0.25) is 0 Å². The van der Waals surface area contributed by atoms with Crippen molar-refractivity contribution in [2.45, 2.75) is 0 Å². The maximum Gasteiger partial charge on any atom is 0.211 e. The van der Waals surface area contributed by atoms with Gasteiger partial charge in [0.25, 0.3) is 0 Å². The lowest BCUT2D eigenvalue weighted by Gasteiger charge is -2.29. The van der Waals surface area contributed by atoms with Crippen LogP contribution in [-0.4, -0.2) is 43.0 Å². The molecule has 0 amide bonds. The third kappa shape index (κ3) is 3.70. The molecule has 0 aliphatic carbocycles. The highest BCUT2D eigenvalue weighted by Crippen LogP contribution is 2.19. The van der Waals surface area contributed by atoms with E-state index in [-0.39, 0.29) is 5.96 Å². The molecular formula is C16H20N6O.